The zero-order valence-electron chi connectivity index (χ0n) is 15.5. The fraction of sp³-hybridized carbons (Fsp3) is 0.130. The highest BCUT2D eigenvalue weighted by Crippen LogP contribution is 2.38. The Hall–Kier alpha value is -3.60. The number of carbonyl (C=O) groups is 1. The monoisotopic (exact) mass is 372 g/mol. The van der Waals surface area contributed by atoms with Gasteiger partial charge in [-0.3, -0.25) is 4.68 Å². The van der Waals surface area contributed by atoms with Crippen molar-refractivity contribution in [2.24, 2.45) is 0 Å². The summed E-state index contributed by atoms with van der Waals surface area (Å²) in [6.07, 6.45) is 3.57. The zero-order chi connectivity index (χ0) is 19.3. The minimum atomic E-state index is -0.394. The van der Waals surface area contributed by atoms with Gasteiger partial charge in [-0.15, -0.1) is 0 Å². The summed E-state index contributed by atoms with van der Waals surface area (Å²) in [6, 6.07) is 21.2. The molecular formula is C23H20N2O3. The summed E-state index contributed by atoms with van der Waals surface area (Å²) in [5, 5.41) is 4.30. The molecule has 5 nitrogen and oxygen atoms in total. The fourth-order valence-electron chi connectivity index (χ4n) is 3.21. The molecule has 0 fully saturated rings. The number of hydrogen-bond acceptors (Lipinski definition) is 4. The molecule has 0 spiro atoms. The van der Waals surface area contributed by atoms with Crippen molar-refractivity contribution in [3.8, 4) is 22.6 Å². The number of aromatic nitrogens is 2. The number of furan rings is 1. The summed E-state index contributed by atoms with van der Waals surface area (Å²) >= 11 is 0. The highest BCUT2D eigenvalue weighted by Gasteiger charge is 2.28. The van der Waals surface area contributed by atoms with Crippen LogP contribution in [0.25, 0.3) is 22.6 Å². The lowest BCUT2D eigenvalue weighted by Gasteiger charge is -2.07. The molecule has 0 N–H and O–H groups in total. The first-order chi connectivity index (χ1) is 13.8. The summed E-state index contributed by atoms with van der Waals surface area (Å²) in [6.45, 7) is 2.49. The molecule has 0 saturated carbocycles. The topological polar surface area (TPSA) is 57.3 Å². The fourth-order valence-corrected chi connectivity index (χ4v) is 3.21. The van der Waals surface area contributed by atoms with Crippen LogP contribution in [-0.4, -0.2) is 22.4 Å². The van der Waals surface area contributed by atoms with E-state index in [0.717, 1.165) is 16.7 Å². The molecule has 4 aromatic rings. The summed E-state index contributed by atoms with van der Waals surface area (Å²) in [4.78, 5) is 12.9. The second kappa shape index (κ2) is 7.96. The quantitative estimate of drug-likeness (QED) is 0.445. The second-order valence-corrected chi connectivity index (χ2v) is 6.27. The van der Waals surface area contributed by atoms with Gasteiger partial charge in [0.15, 0.2) is 0 Å². The number of carbonyl (C=O) groups excluding carboxylic acids is 1. The van der Waals surface area contributed by atoms with E-state index in [4.69, 9.17) is 9.15 Å². The number of rotatable bonds is 6. The van der Waals surface area contributed by atoms with Crippen LogP contribution < -0.4 is 0 Å². The predicted octanol–water partition coefficient (Wildman–Crippen LogP) is 5.04. The average molecular weight is 372 g/mol. The Labute approximate surface area is 163 Å². The molecule has 0 aliphatic carbocycles. The van der Waals surface area contributed by atoms with Crippen molar-refractivity contribution in [3.63, 3.8) is 0 Å². The Morgan fingerprint density at radius 3 is 2.18 bits per heavy atom. The summed E-state index contributed by atoms with van der Waals surface area (Å²) in [5.41, 5.74) is 2.93. The molecule has 0 aliphatic heterocycles. The van der Waals surface area contributed by atoms with Crippen molar-refractivity contribution in [2.75, 3.05) is 6.61 Å². The van der Waals surface area contributed by atoms with Gasteiger partial charge in [0.25, 0.3) is 0 Å². The Morgan fingerprint density at radius 1 is 0.964 bits per heavy atom. The van der Waals surface area contributed by atoms with Gasteiger partial charge in [0, 0.05) is 29.1 Å². The number of esters is 1. The van der Waals surface area contributed by atoms with Crippen molar-refractivity contribution in [1.29, 1.82) is 0 Å². The maximum absolute atomic E-state index is 12.9. The van der Waals surface area contributed by atoms with Crippen molar-refractivity contribution in [2.45, 2.75) is 13.5 Å². The van der Waals surface area contributed by atoms with E-state index in [1.54, 1.807) is 17.8 Å². The summed E-state index contributed by atoms with van der Waals surface area (Å²) in [7, 11) is 0. The first-order valence-electron chi connectivity index (χ1n) is 9.19. The third-order valence-electron chi connectivity index (χ3n) is 4.44. The van der Waals surface area contributed by atoms with E-state index in [1.165, 1.54) is 0 Å². The third kappa shape index (κ3) is 3.47. The molecule has 0 saturated heterocycles. The van der Waals surface area contributed by atoms with Crippen LogP contribution in [0.2, 0.25) is 0 Å². The van der Waals surface area contributed by atoms with Gasteiger partial charge in [0.2, 0.25) is 0 Å². The van der Waals surface area contributed by atoms with Crippen molar-refractivity contribution in [1.82, 2.24) is 9.78 Å². The second-order valence-electron chi connectivity index (χ2n) is 6.27. The highest BCUT2D eigenvalue weighted by molar-refractivity contribution is 5.99. The van der Waals surface area contributed by atoms with Crippen molar-refractivity contribution in [3.05, 3.63) is 90.3 Å². The van der Waals surface area contributed by atoms with E-state index in [-0.39, 0.29) is 0 Å². The maximum Gasteiger partial charge on any atom is 0.342 e. The molecule has 5 heteroatoms. The Bertz CT molecular complexity index is 1050. The molecule has 0 amide bonds. The molecule has 0 aliphatic rings. The molecule has 0 radical (unpaired) electrons. The Balaban J connectivity index is 1.96. The summed E-state index contributed by atoms with van der Waals surface area (Å²) in [5.74, 6) is 0.771. The molecule has 0 atom stereocenters. The Morgan fingerprint density at radius 2 is 1.61 bits per heavy atom. The lowest BCUT2D eigenvalue weighted by molar-refractivity contribution is 0.0525. The van der Waals surface area contributed by atoms with Gasteiger partial charge in [0.05, 0.1) is 13.2 Å². The van der Waals surface area contributed by atoms with Gasteiger partial charge in [-0.2, -0.15) is 5.10 Å². The van der Waals surface area contributed by atoms with Crippen LogP contribution in [-0.2, 0) is 11.3 Å². The number of nitrogens with zero attached hydrogens (tertiary/aromatic N) is 2. The highest BCUT2D eigenvalue weighted by atomic mass is 16.5. The SMILES string of the molecule is CCOC(=O)c1c(-c2ccccc2)oc(-c2ccccc2)c1Cn1cccn1. The molecular weight excluding hydrogens is 352 g/mol. The standard InChI is InChI=1S/C23H20N2O3/c1-2-27-23(26)20-19(16-25-15-9-14-24-25)21(17-10-5-3-6-11-17)28-22(20)18-12-7-4-8-13-18/h3-15H,2,16H2,1H3. The van der Waals surface area contributed by atoms with Crippen LogP contribution in [0.3, 0.4) is 0 Å². The zero-order valence-corrected chi connectivity index (χ0v) is 15.5. The smallest absolute Gasteiger partial charge is 0.342 e. The number of benzene rings is 2. The van der Waals surface area contributed by atoms with Gasteiger partial charge >= 0.3 is 5.97 Å². The van der Waals surface area contributed by atoms with Gasteiger partial charge in [-0.25, -0.2) is 4.79 Å². The molecule has 2 aromatic carbocycles. The molecule has 140 valence electrons. The van der Waals surface area contributed by atoms with E-state index < -0.39 is 5.97 Å². The van der Waals surface area contributed by atoms with Gasteiger partial charge in [0.1, 0.15) is 17.1 Å². The van der Waals surface area contributed by atoms with E-state index >= 15 is 0 Å². The molecule has 4 rings (SSSR count). The first kappa shape index (κ1) is 17.8. The van der Waals surface area contributed by atoms with Gasteiger partial charge in [-0.1, -0.05) is 60.7 Å². The van der Waals surface area contributed by atoms with Crippen molar-refractivity contribution >= 4 is 5.97 Å². The van der Waals surface area contributed by atoms with Crippen LogP contribution in [0.4, 0.5) is 0 Å². The molecule has 2 heterocycles. The minimum Gasteiger partial charge on any atom is -0.462 e. The number of hydrogen-bond donors (Lipinski definition) is 0. The lowest BCUT2D eigenvalue weighted by Crippen LogP contribution is -2.11. The van der Waals surface area contributed by atoms with E-state index in [0.29, 0.717) is 30.2 Å². The maximum atomic E-state index is 12.9. The van der Waals surface area contributed by atoms with E-state index in [9.17, 15) is 4.79 Å². The van der Waals surface area contributed by atoms with Gasteiger partial charge in [-0.05, 0) is 13.0 Å². The minimum absolute atomic E-state index is 0.292. The van der Waals surface area contributed by atoms with Crippen LogP contribution in [0, 0.1) is 0 Å². The van der Waals surface area contributed by atoms with E-state index in [2.05, 4.69) is 5.10 Å². The van der Waals surface area contributed by atoms with E-state index in [1.807, 2.05) is 72.9 Å². The van der Waals surface area contributed by atoms with Crippen LogP contribution in [0.1, 0.15) is 22.8 Å². The number of ether oxygens (including phenoxy) is 1. The first-order valence-corrected chi connectivity index (χ1v) is 9.19. The third-order valence-corrected chi connectivity index (χ3v) is 4.44. The molecule has 0 unspecified atom stereocenters. The predicted molar refractivity (Wildman–Crippen MR) is 107 cm³/mol. The normalized spacial score (nSPS) is 10.8. The average Bonchev–Trinajstić information content (AvgIpc) is 3.38. The largest absolute Gasteiger partial charge is 0.462 e. The lowest BCUT2D eigenvalue weighted by atomic mass is 10.0. The Kier molecular flexibility index (Phi) is 5.06. The van der Waals surface area contributed by atoms with Gasteiger partial charge < -0.3 is 9.15 Å². The molecule has 2 aromatic heterocycles. The van der Waals surface area contributed by atoms with Crippen LogP contribution >= 0.6 is 0 Å². The van der Waals surface area contributed by atoms with Crippen LogP contribution in [0.15, 0.2) is 83.5 Å². The molecule has 28 heavy (non-hydrogen) atoms. The molecule has 0 bridgehead atoms. The van der Waals surface area contributed by atoms with Crippen LogP contribution in [0.5, 0.6) is 0 Å². The van der Waals surface area contributed by atoms with Crippen molar-refractivity contribution < 1.29 is 13.9 Å². The summed E-state index contributed by atoms with van der Waals surface area (Å²) < 4.78 is 13.4.